The third-order valence-electron chi connectivity index (χ3n) is 1.64. The predicted octanol–water partition coefficient (Wildman–Crippen LogP) is 2.39. The summed E-state index contributed by atoms with van der Waals surface area (Å²) in [5.74, 6) is 1.28. The first-order valence-corrected chi connectivity index (χ1v) is 6.86. The van der Waals surface area contributed by atoms with Crippen LogP contribution in [0.3, 0.4) is 0 Å². The van der Waals surface area contributed by atoms with Gasteiger partial charge in [0, 0.05) is 12.5 Å². The maximum absolute atomic E-state index is 5.62. The Balaban J connectivity index is 2.19. The molecule has 0 saturated carbocycles. The minimum Gasteiger partial charge on any atom is -0.384 e. The van der Waals surface area contributed by atoms with Crippen molar-refractivity contribution >= 4 is 45.0 Å². The van der Waals surface area contributed by atoms with Crippen molar-refractivity contribution < 1.29 is 0 Å². The van der Waals surface area contributed by atoms with Gasteiger partial charge < -0.3 is 5.73 Å². The van der Waals surface area contributed by atoms with E-state index in [0.29, 0.717) is 15.6 Å². The molecule has 0 aliphatic rings. The molecule has 0 atom stereocenters. The van der Waals surface area contributed by atoms with Crippen molar-refractivity contribution in [3.05, 3.63) is 16.5 Å². The van der Waals surface area contributed by atoms with Gasteiger partial charge in [-0.15, -0.1) is 0 Å². The first-order valence-electron chi connectivity index (χ1n) is 4.48. The van der Waals surface area contributed by atoms with E-state index in [9.17, 15) is 0 Å². The molecule has 2 heterocycles. The Morgan fingerprint density at radius 2 is 2.25 bits per heavy atom. The van der Waals surface area contributed by atoms with Crippen LogP contribution in [0.1, 0.15) is 12.7 Å². The number of nitrogen functional groups attached to an aromatic ring is 1. The monoisotopic (exact) mass is 317 g/mol. The molecule has 5 nitrogen and oxygen atoms in total. The fraction of sp³-hybridized carbons (Fsp3) is 0.250. The number of hydrogen-bond acceptors (Lipinski definition) is 7. The Morgan fingerprint density at radius 3 is 2.88 bits per heavy atom. The molecule has 0 amide bonds. The molecule has 0 bridgehead atoms. The lowest BCUT2D eigenvalue weighted by Gasteiger charge is -1.98. The van der Waals surface area contributed by atoms with E-state index in [1.165, 1.54) is 23.3 Å². The lowest BCUT2D eigenvalue weighted by molar-refractivity contribution is 0.945. The molecule has 0 spiro atoms. The number of anilines is 1. The van der Waals surface area contributed by atoms with Crippen LogP contribution in [0.2, 0.25) is 0 Å². The highest BCUT2D eigenvalue weighted by molar-refractivity contribution is 9.10. The van der Waals surface area contributed by atoms with Gasteiger partial charge in [0.15, 0.2) is 9.50 Å². The molecule has 2 rings (SSSR count). The Morgan fingerprint density at radius 1 is 1.44 bits per heavy atom. The summed E-state index contributed by atoms with van der Waals surface area (Å²) in [4.78, 5) is 12.6. The molecule has 0 radical (unpaired) electrons. The van der Waals surface area contributed by atoms with Crippen LogP contribution in [-0.2, 0) is 6.42 Å². The molecule has 16 heavy (non-hydrogen) atoms. The summed E-state index contributed by atoms with van der Waals surface area (Å²) in [7, 11) is 0. The quantitative estimate of drug-likeness (QED) is 0.691. The molecule has 0 saturated heterocycles. The van der Waals surface area contributed by atoms with Gasteiger partial charge in [-0.3, -0.25) is 0 Å². The summed E-state index contributed by atoms with van der Waals surface area (Å²) in [5, 5.41) is 0.575. The van der Waals surface area contributed by atoms with Crippen LogP contribution >= 0.6 is 39.2 Å². The standard InChI is InChI=1S/C8H8BrN5S2/c1-2-6-13-8(16-14-6)15-7-11-4(9)3-5(10)12-7/h3H,2H2,1H3,(H2,10,11,12). The van der Waals surface area contributed by atoms with E-state index >= 15 is 0 Å². The first-order chi connectivity index (χ1) is 7.67. The van der Waals surface area contributed by atoms with Crippen LogP contribution < -0.4 is 5.73 Å². The molecule has 84 valence electrons. The fourth-order valence-electron chi connectivity index (χ4n) is 0.960. The van der Waals surface area contributed by atoms with Gasteiger partial charge >= 0.3 is 0 Å². The zero-order chi connectivity index (χ0) is 11.5. The SMILES string of the molecule is CCc1nsc(Sc2nc(N)cc(Br)n2)n1. The molecule has 2 N–H and O–H groups in total. The van der Waals surface area contributed by atoms with Crippen molar-refractivity contribution in [2.75, 3.05) is 5.73 Å². The highest BCUT2D eigenvalue weighted by Crippen LogP contribution is 2.27. The number of nitrogens with two attached hydrogens (primary N) is 1. The number of hydrogen-bond donors (Lipinski definition) is 1. The summed E-state index contributed by atoms with van der Waals surface area (Å²) in [5.41, 5.74) is 5.62. The van der Waals surface area contributed by atoms with Crippen molar-refractivity contribution in [2.24, 2.45) is 0 Å². The molecular weight excluding hydrogens is 310 g/mol. The van der Waals surface area contributed by atoms with E-state index < -0.39 is 0 Å². The van der Waals surface area contributed by atoms with Crippen LogP contribution in [0.15, 0.2) is 20.2 Å². The largest absolute Gasteiger partial charge is 0.384 e. The highest BCUT2D eigenvalue weighted by atomic mass is 79.9. The van der Waals surface area contributed by atoms with Crippen LogP contribution in [0.25, 0.3) is 0 Å². The van der Waals surface area contributed by atoms with Crippen molar-refractivity contribution in [1.82, 2.24) is 19.3 Å². The number of aromatic nitrogens is 4. The molecule has 0 fully saturated rings. The molecular formula is C8H8BrN5S2. The zero-order valence-electron chi connectivity index (χ0n) is 8.35. The summed E-state index contributed by atoms with van der Waals surface area (Å²) >= 11 is 5.98. The van der Waals surface area contributed by atoms with Crippen LogP contribution in [0.4, 0.5) is 5.82 Å². The maximum Gasteiger partial charge on any atom is 0.197 e. The summed E-state index contributed by atoms with van der Waals surface area (Å²) in [6.07, 6.45) is 0.832. The van der Waals surface area contributed by atoms with E-state index in [0.717, 1.165) is 16.6 Å². The van der Waals surface area contributed by atoms with Gasteiger partial charge in [0.05, 0.1) is 0 Å². The average molecular weight is 318 g/mol. The van der Waals surface area contributed by atoms with Crippen molar-refractivity contribution in [1.29, 1.82) is 0 Å². The van der Waals surface area contributed by atoms with Gasteiger partial charge in [-0.1, -0.05) is 6.92 Å². The minimum atomic E-state index is 0.435. The third-order valence-corrected chi connectivity index (χ3v) is 3.70. The van der Waals surface area contributed by atoms with Gasteiger partial charge in [0.2, 0.25) is 0 Å². The molecule has 8 heteroatoms. The Labute approximate surface area is 109 Å². The third kappa shape index (κ3) is 2.89. The molecule has 0 aromatic carbocycles. The van der Waals surface area contributed by atoms with E-state index in [-0.39, 0.29) is 0 Å². The lowest BCUT2D eigenvalue weighted by Crippen LogP contribution is -1.94. The van der Waals surface area contributed by atoms with Crippen LogP contribution in [0, 0.1) is 0 Å². The lowest BCUT2D eigenvalue weighted by atomic mass is 10.5. The number of halogens is 1. The predicted molar refractivity (Wildman–Crippen MR) is 67.6 cm³/mol. The molecule has 2 aromatic heterocycles. The Hall–Kier alpha value is -0.730. The number of aryl methyl sites for hydroxylation is 1. The average Bonchev–Trinajstić information content (AvgIpc) is 2.64. The second-order valence-electron chi connectivity index (χ2n) is 2.83. The number of rotatable bonds is 3. The summed E-state index contributed by atoms with van der Waals surface area (Å²) in [6, 6.07) is 1.65. The number of nitrogens with zero attached hydrogens (tertiary/aromatic N) is 4. The first kappa shape index (κ1) is 11.7. The molecule has 0 aliphatic carbocycles. The fourth-order valence-corrected chi connectivity index (χ4v) is 3.07. The van der Waals surface area contributed by atoms with E-state index in [2.05, 4.69) is 35.3 Å². The minimum absolute atomic E-state index is 0.435. The van der Waals surface area contributed by atoms with Crippen LogP contribution in [0.5, 0.6) is 0 Å². The zero-order valence-corrected chi connectivity index (χ0v) is 11.6. The molecule has 0 aliphatic heterocycles. The van der Waals surface area contributed by atoms with Gasteiger partial charge in [-0.2, -0.15) is 4.37 Å². The van der Waals surface area contributed by atoms with E-state index in [1.807, 2.05) is 6.92 Å². The van der Waals surface area contributed by atoms with E-state index in [4.69, 9.17) is 5.73 Å². The Kier molecular flexibility index (Phi) is 3.72. The topological polar surface area (TPSA) is 77.6 Å². The molecule has 0 unspecified atom stereocenters. The second kappa shape index (κ2) is 5.07. The summed E-state index contributed by atoms with van der Waals surface area (Å²) < 4.78 is 5.68. The van der Waals surface area contributed by atoms with Crippen molar-refractivity contribution in [3.8, 4) is 0 Å². The van der Waals surface area contributed by atoms with Gasteiger partial charge in [-0.25, -0.2) is 15.0 Å². The smallest absolute Gasteiger partial charge is 0.197 e. The second-order valence-corrected chi connectivity index (χ2v) is 5.61. The van der Waals surface area contributed by atoms with Crippen molar-refractivity contribution in [2.45, 2.75) is 22.8 Å². The van der Waals surface area contributed by atoms with Gasteiger partial charge in [0.25, 0.3) is 0 Å². The highest BCUT2D eigenvalue weighted by Gasteiger charge is 2.08. The van der Waals surface area contributed by atoms with Gasteiger partial charge in [0.1, 0.15) is 16.2 Å². The summed E-state index contributed by atoms with van der Waals surface area (Å²) in [6.45, 7) is 2.02. The van der Waals surface area contributed by atoms with E-state index in [1.54, 1.807) is 6.07 Å². The van der Waals surface area contributed by atoms with Gasteiger partial charge in [-0.05, 0) is 39.2 Å². The normalized spacial score (nSPS) is 10.6. The van der Waals surface area contributed by atoms with Crippen molar-refractivity contribution in [3.63, 3.8) is 0 Å². The molecule has 2 aromatic rings. The maximum atomic E-state index is 5.62. The Bertz CT molecular complexity index is 481. The van der Waals surface area contributed by atoms with Crippen LogP contribution in [-0.4, -0.2) is 19.3 Å².